The van der Waals surface area contributed by atoms with Gasteiger partial charge in [0.2, 0.25) is 5.69 Å². The van der Waals surface area contributed by atoms with Crippen molar-refractivity contribution >= 4 is 17.5 Å². The normalized spacial score (nSPS) is 13.7. The summed E-state index contributed by atoms with van der Waals surface area (Å²) in [6, 6.07) is 2.81. The first-order valence-corrected chi connectivity index (χ1v) is 5.11. The van der Waals surface area contributed by atoms with Crippen molar-refractivity contribution in [1.29, 1.82) is 10.5 Å². The maximum absolute atomic E-state index is 11.9. The van der Waals surface area contributed by atoms with E-state index in [9.17, 15) is 9.59 Å². The highest BCUT2D eigenvalue weighted by molar-refractivity contribution is 6.04. The molecule has 0 atom stereocenters. The second kappa shape index (κ2) is 4.27. The van der Waals surface area contributed by atoms with Crippen LogP contribution >= 0.6 is 0 Å². The maximum atomic E-state index is 11.9. The molecule has 0 fully saturated rings. The van der Waals surface area contributed by atoms with E-state index in [0.29, 0.717) is 0 Å². The Morgan fingerprint density at radius 3 is 2.58 bits per heavy atom. The minimum absolute atomic E-state index is 0.00764. The number of amides is 3. The molecule has 0 N–H and O–H groups in total. The molecule has 1 aliphatic rings. The van der Waals surface area contributed by atoms with Crippen molar-refractivity contribution in [1.82, 2.24) is 19.4 Å². The summed E-state index contributed by atoms with van der Waals surface area (Å²) < 4.78 is 1.17. The van der Waals surface area contributed by atoms with E-state index >= 15 is 0 Å². The van der Waals surface area contributed by atoms with Crippen molar-refractivity contribution in [2.24, 2.45) is 0 Å². The lowest BCUT2D eigenvalue weighted by molar-refractivity contribution is 0.0806. The van der Waals surface area contributed by atoms with Crippen LogP contribution < -0.4 is 15.4 Å². The van der Waals surface area contributed by atoms with Gasteiger partial charge < -0.3 is 0 Å². The maximum Gasteiger partial charge on any atom is 0.446 e. The van der Waals surface area contributed by atoms with E-state index in [-0.39, 0.29) is 22.1 Å². The summed E-state index contributed by atoms with van der Waals surface area (Å²) in [7, 11) is 2.77. The molecule has 0 spiro atoms. The Morgan fingerprint density at radius 2 is 2.00 bits per heavy atom. The van der Waals surface area contributed by atoms with Crippen LogP contribution in [0.5, 0.6) is 0 Å². The van der Waals surface area contributed by atoms with Gasteiger partial charge in [-0.25, -0.2) is 14.6 Å². The molecule has 92 valence electrons. The van der Waals surface area contributed by atoms with Gasteiger partial charge in [-0.3, -0.25) is 0 Å². The van der Waals surface area contributed by atoms with Crippen LogP contribution in [0.4, 0.5) is 4.79 Å². The van der Waals surface area contributed by atoms with Crippen LogP contribution in [0.1, 0.15) is 10.5 Å². The first kappa shape index (κ1) is 12.3. The van der Waals surface area contributed by atoms with Gasteiger partial charge in [0.05, 0.1) is 14.1 Å². The molecule has 0 unspecified atom stereocenters. The number of nitriles is 2. The fourth-order valence-corrected chi connectivity index (χ4v) is 1.59. The Bertz CT molecular complexity index is 795. The van der Waals surface area contributed by atoms with E-state index in [4.69, 9.17) is 10.5 Å². The summed E-state index contributed by atoms with van der Waals surface area (Å²) in [5.74, 6) is -0.623. The lowest BCUT2D eigenvalue weighted by Gasteiger charge is -2.13. The molecule has 8 heteroatoms. The zero-order valence-corrected chi connectivity index (χ0v) is 10.1. The van der Waals surface area contributed by atoms with E-state index < -0.39 is 11.9 Å². The highest BCUT2D eigenvalue weighted by Crippen LogP contribution is 1.98. The van der Waals surface area contributed by atoms with Crippen LogP contribution in [-0.4, -0.2) is 40.9 Å². The topological polar surface area (TPSA) is 114 Å². The van der Waals surface area contributed by atoms with Crippen LogP contribution in [0.25, 0.3) is 5.57 Å². The Labute approximate surface area is 107 Å². The summed E-state index contributed by atoms with van der Waals surface area (Å²) in [4.78, 5) is 32.4. The average molecular weight is 255 g/mol. The van der Waals surface area contributed by atoms with Gasteiger partial charge in [0.25, 0.3) is 5.49 Å². The van der Waals surface area contributed by atoms with E-state index in [1.54, 1.807) is 12.1 Å². The quantitative estimate of drug-likeness (QED) is 0.495. The van der Waals surface area contributed by atoms with Crippen LogP contribution in [0.3, 0.4) is 0 Å². The summed E-state index contributed by atoms with van der Waals surface area (Å²) in [6.07, 6.45) is 1.18. The summed E-state index contributed by atoms with van der Waals surface area (Å²) >= 11 is 0. The molecule has 0 saturated heterocycles. The van der Waals surface area contributed by atoms with Gasteiger partial charge in [0.15, 0.2) is 5.57 Å². The third-order valence-corrected chi connectivity index (χ3v) is 2.63. The molecule has 0 radical (unpaired) electrons. The van der Waals surface area contributed by atoms with Gasteiger partial charge in [-0.1, -0.05) is 0 Å². The molecule has 0 saturated carbocycles. The number of fused-ring (bicyclic) bond motifs is 1. The third kappa shape index (κ3) is 1.72. The monoisotopic (exact) mass is 255 g/mol. The zero-order valence-electron chi connectivity index (χ0n) is 10.1. The largest absolute Gasteiger partial charge is 0.446 e. The van der Waals surface area contributed by atoms with E-state index in [1.165, 1.54) is 24.9 Å². The van der Waals surface area contributed by atoms with Gasteiger partial charge in [-0.2, -0.15) is 20.0 Å². The summed E-state index contributed by atoms with van der Waals surface area (Å²) in [5.41, 5.74) is -0.206. The minimum Gasteiger partial charge on any atom is -0.248 e. The number of hydrogen-bond donors (Lipinski definition) is 0. The number of carbonyl (C=O) groups is 2. The molecular weight excluding hydrogens is 248 g/mol. The molecule has 2 rings (SSSR count). The minimum atomic E-state index is -0.623. The number of carbonyl (C=O) groups excluding carboxylic acids is 2. The predicted octanol–water partition coefficient (Wildman–Crippen LogP) is -2.00. The van der Waals surface area contributed by atoms with Crippen molar-refractivity contribution in [2.45, 2.75) is 0 Å². The van der Waals surface area contributed by atoms with E-state index in [2.05, 4.69) is 9.97 Å². The standard InChI is InChI=1S/C11H7N6O2/c1-16-9-8(10(18)17(2)11(16)19)15-7(5-14-9)6(3-12)4-13/h5H,1-2H3/q+1. The van der Waals surface area contributed by atoms with Gasteiger partial charge in [0, 0.05) is 0 Å². The fraction of sp³-hybridized carbons (Fsp3) is 0.182. The van der Waals surface area contributed by atoms with E-state index in [1.807, 2.05) is 0 Å². The first-order valence-electron chi connectivity index (χ1n) is 5.11. The Hall–Kier alpha value is -3.13. The number of urea groups is 1. The lowest BCUT2D eigenvalue weighted by atomic mass is 10.3. The molecule has 0 aliphatic carbocycles. The Morgan fingerprint density at radius 1 is 1.37 bits per heavy atom. The fourth-order valence-electron chi connectivity index (χ4n) is 1.59. The third-order valence-electron chi connectivity index (χ3n) is 2.63. The van der Waals surface area contributed by atoms with Gasteiger partial charge >= 0.3 is 11.9 Å². The number of nitrogens with zero attached hydrogens (tertiary/aromatic N) is 6. The van der Waals surface area contributed by atoms with Crippen molar-refractivity contribution in [3.8, 4) is 12.1 Å². The number of hydrogen-bond acceptors (Lipinski definition) is 6. The molecule has 0 bridgehead atoms. The molecular formula is C11H7N6O2+. The van der Waals surface area contributed by atoms with Crippen molar-refractivity contribution in [3.05, 3.63) is 22.7 Å². The van der Waals surface area contributed by atoms with Gasteiger partial charge in [-0.05, 0) is 0 Å². The Kier molecular flexibility index (Phi) is 2.77. The van der Waals surface area contributed by atoms with Crippen LogP contribution in [0, 0.1) is 22.7 Å². The Balaban J connectivity index is 2.92. The molecule has 8 nitrogen and oxygen atoms in total. The number of imide groups is 1. The summed E-state index contributed by atoms with van der Waals surface area (Å²) in [6.45, 7) is 0. The van der Waals surface area contributed by atoms with Crippen molar-refractivity contribution in [2.75, 3.05) is 14.1 Å². The van der Waals surface area contributed by atoms with Crippen molar-refractivity contribution < 1.29 is 9.59 Å². The molecule has 3 amide bonds. The van der Waals surface area contributed by atoms with Crippen LogP contribution in [0.15, 0.2) is 6.20 Å². The van der Waals surface area contributed by atoms with Crippen LogP contribution in [-0.2, 0) is 0 Å². The number of rotatable bonds is 0. The van der Waals surface area contributed by atoms with Crippen LogP contribution in [0.2, 0.25) is 0 Å². The second-order valence-electron chi connectivity index (χ2n) is 3.73. The highest BCUT2D eigenvalue weighted by atomic mass is 16.2. The van der Waals surface area contributed by atoms with E-state index in [0.717, 1.165) is 4.90 Å². The SMILES string of the molecule is CN1C(=O)c2nc(=C(C#N)C#N)cnc2=[N+](C)C1=O. The molecule has 1 aromatic heterocycles. The molecule has 1 aliphatic heterocycles. The molecule has 1 aromatic rings. The van der Waals surface area contributed by atoms with Gasteiger partial charge in [0.1, 0.15) is 23.7 Å². The zero-order chi connectivity index (χ0) is 14.2. The molecule has 2 heterocycles. The smallest absolute Gasteiger partial charge is 0.248 e. The second-order valence-corrected chi connectivity index (χ2v) is 3.73. The number of aromatic nitrogens is 2. The lowest BCUT2D eigenvalue weighted by Crippen LogP contribution is -2.54. The van der Waals surface area contributed by atoms with Crippen molar-refractivity contribution in [3.63, 3.8) is 0 Å². The van der Waals surface area contributed by atoms with Gasteiger partial charge in [-0.15, -0.1) is 4.98 Å². The average Bonchev–Trinajstić information content (AvgIpc) is 2.44. The summed E-state index contributed by atoms with van der Waals surface area (Å²) in [5, 5.41) is 17.5. The molecule has 0 aromatic carbocycles. The highest BCUT2D eigenvalue weighted by Gasteiger charge is 2.35. The predicted molar refractivity (Wildman–Crippen MR) is 60.6 cm³/mol. The first-order chi connectivity index (χ1) is 9.01. The molecule has 19 heavy (non-hydrogen) atoms.